The zero-order chi connectivity index (χ0) is 10.8. The molecule has 1 aromatic carbocycles. The van der Waals surface area contributed by atoms with Gasteiger partial charge in [-0.25, -0.2) is 4.79 Å². The zero-order valence-corrected chi connectivity index (χ0v) is 8.97. The van der Waals surface area contributed by atoms with Crippen LogP contribution in [0.25, 0.3) is 10.1 Å². The fourth-order valence-corrected chi connectivity index (χ4v) is 2.10. The normalized spacial score (nSPS) is 10.5. The quantitative estimate of drug-likeness (QED) is 0.837. The number of hydrogen-bond acceptors (Lipinski definition) is 4. The average Bonchev–Trinajstić information content (AvgIpc) is 2.61. The van der Waals surface area contributed by atoms with Crippen molar-refractivity contribution in [3.8, 4) is 0 Å². The third-order valence-electron chi connectivity index (χ3n) is 2.06. The molecule has 2 rings (SSSR count). The molecule has 0 bridgehead atoms. The number of carboxylic acids is 1. The molecule has 15 heavy (non-hydrogen) atoms. The summed E-state index contributed by atoms with van der Waals surface area (Å²) in [5.41, 5.74) is 0.293. The molecule has 0 aliphatic carbocycles. The summed E-state index contributed by atoms with van der Waals surface area (Å²) in [7, 11) is 0. The van der Waals surface area contributed by atoms with Gasteiger partial charge >= 0.3 is 5.97 Å². The number of aromatic nitrogens is 1. The number of rotatable bonds is 3. The van der Waals surface area contributed by atoms with Crippen molar-refractivity contribution >= 4 is 33.4 Å². The maximum absolute atomic E-state index is 10.8. The van der Waals surface area contributed by atoms with Crippen LogP contribution in [-0.2, 0) is 0 Å². The van der Waals surface area contributed by atoms with Gasteiger partial charge in [0.05, 0.1) is 10.3 Å². The molecule has 0 atom stereocenters. The number of anilines is 1. The van der Waals surface area contributed by atoms with Gasteiger partial charge in [-0.1, -0.05) is 0 Å². The van der Waals surface area contributed by atoms with Gasteiger partial charge in [0.15, 0.2) is 0 Å². The van der Waals surface area contributed by atoms with E-state index in [1.54, 1.807) is 18.2 Å². The minimum absolute atomic E-state index is 0.293. The molecule has 0 amide bonds. The molecule has 78 valence electrons. The molecule has 5 heteroatoms. The number of carboxylic acid groups (broad SMARTS) is 1. The van der Waals surface area contributed by atoms with Crippen LogP contribution in [0, 0.1) is 0 Å². The monoisotopic (exact) mass is 222 g/mol. The van der Waals surface area contributed by atoms with Crippen molar-refractivity contribution in [1.29, 1.82) is 0 Å². The second kappa shape index (κ2) is 3.86. The number of nitrogens with one attached hydrogen (secondary N) is 1. The van der Waals surface area contributed by atoms with Crippen LogP contribution in [0.1, 0.15) is 17.3 Å². The molecule has 0 spiro atoms. The topological polar surface area (TPSA) is 62.2 Å². The molecular formula is C10H10N2O2S. The Morgan fingerprint density at radius 1 is 1.60 bits per heavy atom. The van der Waals surface area contributed by atoms with Crippen molar-refractivity contribution in [2.75, 3.05) is 11.9 Å². The molecule has 1 heterocycles. The third kappa shape index (κ3) is 1.78. The van der Waals surface area contributed by atoms with Gasteiger partial charge in [-0.05, 0) is 36.7 Å². The lowest BCUT2D eigenvalue weighted by Gasteiger charge is -1.99. The molecule has 2 aromatic rings. The number of fused-ring (bicyclic) bond motifs is 1. The van der Waals surface area contributed by atoms with Crippen LogP contribution in [0.15, 0.2) is 18.2 Å². The lowest BCUT2D eigenvalue weighted by molar-refractivity contribution is 0.0697. The molecule has 0 aliphatic rings. The summed E-state index contributed by atoms with van der Waals surface area (Å²) < 4.78 is 5.22. The number of aromatic carboxylic acids is 1. The molecule has 0 radical (unpaired) electrons. The van der Waals surface area contributed by atoms with E-state index in [4.69, 9.17) is 5.11 Å². The van der Waals surface area contributed by atoms with Crippen molar-refractivity contribution in [2.45, 2.75) is 6.92 Å². The SMILES string of the molecule is CCNc1nsc2ccc(C(=O)O)cc12. The average molecular weight is 222 g/mol. The molecule has 0 fully saturated rings. The Kier molecular flexibility index (Phi) is 2.55. The van der Waals surface area contributed by atoms with Crippen LogP contribution in [0.3, 0.4) is 0 Å². The van der Waals surface area contributed by atoms with E-state index in [1.807, 2.05) is 6.92 Å². The van der Waals surface area contributed by atoms with Gasteiger partial charge < -0.3 is 10.4 Å². The van der Waals surface area contributed by atoms with Gasteiger partial charge in [0.2, 0.25) is 0 Å². The summed E-state index contributed by atoms with van der Waals surface area (Å²) in [6.07, 6.45) is 0. The summed E-state index contributed by atoms with van der Waals surface area (Å²) in [5.74, 6) is -0.147. The molecule has 0 unspecified atom stereocenters. The number of benzene rings is 1. The van der Waals surface area contributed by atoms with Crippen LogP contribution in [0.2, 0.25) is 0 Å². The Balaban J connectivity index is 2.56. The fraction of sp³-hybridized carbons (Fsp3) is 0.200. The first-order valence-electron chi connectivity index (χ1n) is 4.59. The Morgan fingerprint density at radius 2 is 2.40 bits per heavy atom. The highest BCUT2D eigenvalue weighted by molar-refractivity contribution is 7.13. The first-order chi connectivity index (χ1) is 7.22. The Morgan fingerprint density at radius 3 is 3.07 bits per heavy atom. The van der Waals surface area contributed by atoms with E-state index < -0.39 is 5.97 Å². The van der Waals surface area contributed by atoms with E-state index in [0.717, 1.165) is 22.4 Å². The molecule has 0 saturated heterocycles. The van der Waals surface area contributed by atoms with Crippen LogP contribution in [-0.4, -0.2) is 22.0 Å². The molecule has 2 N–H and O–H groups in total. The molecule has 4 nitrogen and oxygen atoms in total. The van der Waals surface area contributed by atoms with E-state index in [1.165, 1.54) is 11.5 Å². The van der Waals surface area contributed by atoms with Gasteiger partial charge in [-0.2, -0.15) is 4.37 Å². The highest BCUT2D eigenvalue weighted by atomic mass is 32.1. The van der Waals surface area contributed by atoms with Gasteiger partial charge in [-0.3, -0.25) is 0 Å². The van der Waals surface area contributed by atoms with Crippen LogP contribution in [0.4, 0.5) is 5.82 Å². The maximum atomic E-state index is 10.8. The summed E-state index contributed by atoms with van der Waals surface area (Å²) >= 11 is 1.37. The van der Waals surface area contributed by atoms with Crippen LogP contribution < -0.4 is 5.32 Å². The Labute approximate surface area is 90.7 Å². The fourth-order valence-electron chi connectivity index (χ4n) is 1.37. The standard InChI is InChI=1S/C10H10N2O2S/c1-2-11-9-7-5-6(10(13)14)3-4-8(7)15-12-9/h3-5H,2H2,1H3,(H,11,12)(H,13,14). The van der Waals surface area contributed by atoms with Crippen LogP contribution in [0.5, 0.6) is 0 Å². The summed E-state index contributed by atoms with van der Waals surface area (Å²) in [6.45, 7) is 2.75. The smallest absolute Gasteiger partial charge is 0.335 e. The maximum Gasteiger partial charge on any atom is 0.335 e. The minimum Gasteiger partial charge on any atom is -0.478 e. The predicted octanol–water partition coefficient (Wildman–Crippen LogP) is 2.43. The van der Waals surface area contributed by atoms with Gasteiger partial charge in [0.1, 0.15) is 5.82 Å². The van der Waals surface area contributed by atoms with Crippen molar-refractivity contribution < 1.29 is 9.90 Å². The lowest BCUT2D eigenvalue weighted by atomic mass is 10.1. The predicted molar refractivity (Wildman–Crippen MR) is 60.7 cm³/mol. The zero-order valence-electron chi connectivity index (χ0n) is 8.15. The molecule has 0 saturated carbocycles. The van der Waals surface area contributed by atoms with Gasteiger partial charge in [-0.15, -0.1) is 0 Å². The highest BCUT2D eigenvalue weighted by Crippen LogP contribution is 2.27. The van der Waals surface area contributed by atoms with E-state index in [-0.39, 0.29) is 0 Å². The van der Waals surface area contributed by atoms with Gasteiger partial charge in [0, 0.05) is 11.9 Å². The summed E-state index contributed by atoms with van der Waals surface area (Å²) in [6, 6.07) is 5.04. The van der Waals surface area contributed by atoms with Crippen molar-refractivity contribution in [2.24, 2.45) is 0 Å². The first-order valence-corrected chi connectivity index (χ1v) is 5.36. The summed E-state index contributed by atoms with van der Waals surface area (Å²) in [5, 5.41) is 12.8. The molecular weight excluding hydrogens is 212 g/mol. The lowest BCUT2D eigenvalue weighted by Crippen LogP contribution is -1.98. The van der Waals surface area contributed by atoms with Crippen molar-refractivity contribution in [1.82, 2.24) is 4.37 Å². The van der Waals surface area contributed by atoms with E-state index >= 15 is 0 Å². The highest BCUT2D eigenvalue weighted by Gasteiger charge is 2.09. The van der Waals surface area contributed by atoms with Crippen LogP contribution >= 0.6 is 11.5 Å². The summed E-state index contributed by atoms with van der Waals surface area (Å²) in [4.78, 5) is 10.8. The minimum atomic E-state index is -0.912. The van der Waals surface area contributed by atoms with Crippen molar-refractivity contribution in [3.05, 3.63) is 23.8 Å². The Bertz CT molecular complexity index is 507. The third-order valence-corrected chi connectivity index (χ3v) is 2.89. The number of carbonyl (C=O) groups is 1. The largest absolute Gasteiger partial charge is 0.478 e. The van der Waals surface area contributed by atoms with E-state index in [0.29, 0.717) is 5.56 Å². The molecule has 1 aromatic heterocycles. The second-order valence-corrected chi connectivity index (χ2v) is 3.88. The molecule has 0 aliphatic heterocycles. The van der Waals surface area contributed by atoms with Gasteiger partial charge in [0.25, 0.3) is 0 Å². The number of hydrogen-bond donors (Lipinski definition) is 2. The van der Waals surface area contributed by atoms with E-state index in [2.05, 4.69) is 9.69 Å². The Hall–Kier alpha value is -1.62. The van der Waals surface area contributed by atoms with Crippen molar-refractivity contribution in [3.63, 3.8) is 0 Å². The first kappa shape index (κ1) is 9.92. The van der Waals surface area contributed by atoms with E-state index in [9.17, 15) is 4.79 Å². The second-order valence-electron chi connectivity index (χ2n) is 3.08. The number of nitrogens with zero attached hydrogens (tertiary/aromatic N) is 1.